The van der Waals surface area contributed by atoms with Crippen molar-refractivity contribution < 1.29 is 19.1 Å². The average molecular weight is 610 g/mol. The van der Waals surface area contributed by atoms with Crippen LogP contribution in [-0.4, -0.2) is 56.5 Å². The van der Waals surface area contributed by atoms with Crippen LogP contribution in [0.25, 0.3) is 22.9 Å². The molecule has 0 unspecified atom stereocenters. The SMILES string of the molecule is COC(=O)Cc1ccc(-c2cc([C@H](Cc3ccccc3)NC(=O)/C=C/c3cc(Cl)ccc3-n3cnnn3)nnc2OC)cc1. The van der Waals surface area contributed by atoms with E-state index in [0.717, 1.165) is 16.7 Å². The lowest BCUT2D eigenvalue weighted by molar-refractivity contribution is -0.139. The van der Waals surface area contributed by atoms with Gasteiger partial charge in [0, 0.05) is 22.2 Å². The highest BCUT2D eigenvalue weighted by molar-refractivity contribution is 6.30. The molecule has 1 atom stereocenters. The summed E-state index contributed by atoms with van der Waals surface area (Å²) in [6, 6.07) is 23.8. The highest BCUT2D eigenvalue weighted by atomic mass is 35.5. The molecule has 222 valence electrons. The number of hydrogen-bond acceptors (Lipinski definition) is 9. The van der Waals surface area contributed by atoms with Crippen molar-refractivity contribution >= 4 is 29.6 Å². The summed E-state index contributed by atoms with van der Waals surface area (Å²) in [5.74, 6) is -0.339. The van der Waals surface area contributed by atoms with Crippen LogP contribution in [0.5, 0.6) is 5.88 Å². The van der Waals surface area contributed by atoms with E-state index in [9.17, 15) is 9.59 Å². The van der Waals surface area contributed by atoms with Crippen LogP contribution in [0.4, 0.5) is 0 Å². The first-order valence-electron chi connectivity index (χ1n) is 13.6. The van der Waals surface area contributed by atoms with Gasteiger partial charge in [-0.1, -0.05) is 66.2 Å². The molecular formula is C32H28ClN7O4. The Bertz CT molecular complexity index is 1760. The summed E-state index contributed by atoms with van der Waals surface area (Å²) in [6.07, 6.45) is 5.17. The molecule has 2 aromatic heterocycles. The number of rotatable bonds is 11. The van der Waals surface area contributed by atoms with Gasteiger partial charge in [0.1, 0.15) is 6.33 Å². The van der Waals surface area contributed by atoms with Gasteiger partial charge in [-0.05, 0) is 63.9 Å². The van der Waals surface area contributed by atoms with Gasteiger partial charge in [0.2, 0.25) is 11.8 Å². The summed E-state index contributed by atoms with van der Waals surface area (Å²) < 4.78 is 11.8. The van der Waals surface area contributed by atoms with Crippen LogP contribution in [0.2, 0.25) is 5.02 Å². The fourth-order valence-corrected chi connectivity index (χ4v) is 4.75. The van der Waals surface area contributed by atoms with Crippen LogP contribution in [0.15, 0.2) is 91.3 Å². The van der Waals surface area contributed by atoms with Crippen LogP contribution in [-0.2, 0) is 27.2 Å². The molecule has 0 saturated heterocycles. The Morgan fingerprint density at radius 3 is 2.48 bits per heavy atom. The maximum Gasteiger partial charge on any atom is 0.309 e. The second kappa shape index (κ2) is 14.2. The van der Waals surface area contributed by atoms with Gasteiger partial charge in [0.25, 0.3) is 0 Å². The Hall–Kier alpha value is -5.42. The van der Waals surface area contributed by atoms with Gasteiger partial charge in [-0.2, -0.15) is 4.68 Å². The number of carbonyl (C=O) groups is 2. The molecule has 5 rings (SSSR count). The number of benzene rings is 3. The Morgan fingerprint density at radius 1 is 0.977 bits per heavy atom. The first-order chi connectivity index (χ1) is 21.4. The van der Waals surface area contributed by atoms with Crippen molar-refractivity contribution in [3.63, 3.8) is 0 Å². The molecule has 0 saturated carbocycles. The zero-order chi connectivity index (χ0) is 30.9. The lowest BCUT2D eigenvalue weighted by Crippen LogP contribution is -2.29. The number of nitrogens with zero attached hydrogens (tertiary/aromatic N) is 6. The fraction of sp³-hybridized carbons (Fsp3) is 0.156. The van der Waals surface area contributed by atoms with Gasteiger partial charge < -0.3 is 14.8 Å². The highest BCUT2D eigenvalue weighted by Crippen LogP contribution is 2.31. The van der Waals surface area contributed by atoms with Crippen molar-refractivity contribution in [3.05, 3.63) is 119 Å². The van der Waals surface area contributed by atoms with Crippen molar-refractivity contribution in [1.82, 2.24) is 35.7 Å². The van der Waals surface area contributed by atoms with Gasteiger partial charge in [0.15, 0.2) is 0 Å². The topological polar surface area (TPSA) is 134 Å². The minimum atomic E-state index is -0.524. The smallest absolute Gasteiger partial charge is 0.309 e. The zero-order valence-electron chi connectivity index (χ0n) is 23.9. The van der Waals surface area contributed by atoms with E-state index in [-0.39, 0.29) is 18.3 Å². The number of aromatic nitrogens is 6. The minimum absolute atomic E-state index is 0.166. The Balaban J connectivity index is 1.44. The molecule has 12 heteroatoms. The largest absolute Gasteiger partial charge is 0.479 e. The number of methoxy groups -OCH3 is 2. The van der Waals surface area contributed by atoms with Gasteiger partial charge in [-0.25, -0.2) is 0 Å². The molecule has 0 aliphatic rings. The van der Waals surface area contributed by atoms with Crippen LogP contribution in [0, 0.1) is 0 Å². The lowest BCUT2D eigenvalue weighted by atomic mass is 9.99. The van der Waals surface area contributed by atoms with E-state index in [0.29, 0.717) is 39.8 Å². The molecule has 1 amide bonds. The molecule has 2 heterocycles. The summed E-state index contributed by atoms with van der Waals surface area (Å²) >= 11 is 6.23. The van der Waals surface area contributed by atoms with Crippen molar-refractivity contribution in [1.29, 1.82) is 0 Å². The second-order valence-electron chi connectivity index (χ2n) is 9.68. The molecule has 44 heavy (non-hydrogen) atoms. The summed E-state index contributed by atoms with van der Waals surface area (Å²) in [4.78, 5) is 25.0. The monoisotopic (exact) mass is 609 g/mol. The normalized spacial score (nSPS) is 11.7. The predicted octanol–water partition coefficient (Wildman–Crippen LogP) is 4.61. The van der Waals surface area contributed by atoms with Gasteiger partial charge in [-0.15, -0.1) is 15.3 Å². The van der Waals surface area contributed by atoms with E-state index < -0.39 is 6.04 Å². The third-order valence-electron chi connectivity index (χ3n) is 6.77. The van der Waals surface area contributed by atoms with Gasteiger partial charge >= 0.3 is 5.97 Å². The number of carbonyl (C=O) groups excluding carboxylic acids is 2. The first kappa shape index (κ1) is 30.1. The zero-order valence-corrected chi connectivity index (χ0v) is 24.7. The van der Waals surface area contributed by atoms with E-state index in [1.165, 1.54) is 31.3 Å². The standard InChI is InChI=1S/C32H28ClN7O4/c1-43-31(42)17-22-8-10-23(11-9-22)26-19-28(36-37-32(26)44-2)27(16-21-6-4-3-5-7-21)35-30(41)15-12-24-18-25(33)13-14-29(24)40-20-34-38-39-40/h3-15,18-20,27H,16-17H2,1-2H3,(H,35,41)/b15-12+/t27-/m0/s1. The van der Waals surface area contributed by atoms with Gasteiger partial charge in [-0.3, -0.25) is 9.59 Å². The molecule has 5 aromatic rings. The van der Waals surface area contributed by atoms with Crippen LogP contribution >= 0.6 is 11.6 Å². The number of hydrogen-bond donors (Lipinski definition) is 1. The number of halogens is 1. The van der Waals surface area contributed by atoms with E-state index in [1.807, 2.05) is 60.7 Å². The number of amides is 1. The molecule has 0 aliphatic heterocycles. The highest BCUT2D eigenvalue weighted by Gasteiger charge is 2.20. The van der Waals surface area contributed by atoms with Crippen molar-refractivity contribution in [2.45, 2.75) is 18.9 Å². The van der Waals surface area contributed by atoms with E-state index in [1.54, 1.807) is 24.3 Å². The third-order valence-corrected chi connectivity index (χ3v) is 7.00. The maximum atomic E-state index is 13.3. The number of esters is 1. The Labute approximate surface area is 258 Å². The van der Waals surface area contributed by atoms with E-state index >= 15 is 0 Å². The second-order valence-corrected chi connectivity index (χ2v) is 10.1. The van der Waals surface area contributed by atoms with Crippen molar-refractivity contribution in [3.8, 4) is 22.7 Å². The van der Waals surface area contributed by atoms with Gasteiger partial charge in [0.05, 0.1) is 38.1 Å². The summed E-state index contributed by atoms with van der Waals surface area (Å²) in [6.45, 7) is 0. The molecule has 3 aromatic carbocycles. The minimum Gasteiger partial charge on any atom is -0.479 e. The van der Waals surface area contributed by atoms with Crippen LogP contribution in [0.3, 0.4) is 0 Å². The average Bonchev–Trinajstić information content (AvgIpc) is 3.59. The van der Waals surface area contributed by atoms with Crippen LogP contribution < -0.4 is 10.1 Å². The molecule has 11 nitrogen and oxygen atoms in total. The molecule has 0 bridgehead atoms. The lowest BCUT2D eigenvalue weighted by Gasteiger charge is -2.19. The predicted molar refractivity (Wildman–Crippen MR) is 164 cm³/mol. The summed E-state index contributed by atoms with van der Waals surface area (Å²) in [5, 5.41) is 23.6. The van der Waals surface area contributed by atoms with Crippen molar-refractivity contribution in [2.75, 3.05) is 14.2 Å². The molecular weight excluding hydrogens is 582 g/mol. The summed E-state index contributed by atoms with van der Waals surface area (Å²) in [7, 11) is 2.88. The number of nitrogens with one attached hydrogen (secondary N) is 1. The van der Waals surface area contributed by atoms with Crippen LogP contribution in [0.1, 0.15) is 28.4 Å². The van der Waals surface area contributed by atoms with E-state index in [4.69, 9.17) is 21.1 Å². The van der Waals surface area contributed by atoms with E-state index in [2.05, 4.69) is 31.0 Å². The number of tetrazole rings is 1. The Kier molecular flexibility index (Phi) is 9.68. The molecule has 0 radical (unpaired) electrons. The fourth-order valence-electron chi connectivity index (χ4n) is 4.57. The molecule has 1 N–H and O–H groups in total. The molecule has 0 fully saturated rings. The Morgan fingerprint density at radius 2 is 1.77 bits per heavy atom. The molecule has 0 spiro atoms. The first-order valence-corrected chi connectivity index (χ1v) is 13.9. The number of ether oxygens (including phenoxy) is 2. The third kappa shape index (κ3) is 7.50. The van der Waals surface area contributed by atoms with Crippen molar-refractivity contribution in [2.24, 2.45) is 0 Å². The summed E-state index contributed by atoms with van der Waals surface area (Å²) in [5.41, 5.74) is 5.17. The maximum absolute atomic E-state index is 13.3. The quantitative estimate of drug-likeness (QED) is 0.168. The molecule has 0 aliphatic carbocycles.